The van der Waals surface area contributed by atoms with Crippen LogP contribution in [0.25, 0.3) is 0 Å². The maximum atomic E-state index is 11.0. The average Bonchev–Trinajstić information content (AvgIpc) is 2.81. The van der Waals surface area contributed by atoms with Crippen LogP contribution in [-0.4, -0.2) is 12.9 Å². The molecule has 1 fully saturated rings. The molecule has 2 heteroatoms. The minimum atomic E-state index is 0.0783. The Morgan fingerprint density at radius 2 is 2.06 bits per heavy atom. The number of carbonyl (C=O) groups excluding carboxylic acids is 1. The van der Waals surface area contributed by atoms with Gasteiger partial charge in [-0.1, -0.05) is 32.0 Å². The Morgan fingerprint density at radius 3 is 2.62 bits per heavy atom. The molecule has 0 heterocycles. The Balaban J connectivity index is 2.31. The molecule has 2 rings (SSSR count). The summed E-state index contributed by atoms with van der Waals surface area (Å²) < 4.78 is 5.61. The van der Waals surface area contributed by atoms with Gasteiger partial charge in [-0.3, -0.25) is 0 Å². The summed E-state index contributed by atoms with van der Waals surface area (Å²) in [5.41, 5.74) is 1.25. The Labute approximate surface area is 96.6 Å². The van der Waals surface area contributed by atoms with Crippen LogP contribution in [-0.2, 0) is 4.79 Å². The summed E-state index contributed by atoms with van der Waals surface area (Å²) in [5, 5.41) is 0. The molecule has 1 aliphatic carbocycles. The van der Waals surface area contributed by atoms with Crippen LogP contribution in [0.5, 0.6) is 5.75 Å². The zero-order valence-electron chi connectivity index (χ0n) is 10.1. The lowest BCUT2D eigenvalue weighted by molar-refractivity contribution is -0.109. The summed E-state index contributed by atoms with van der Waals surface area (Å²) in [6.45, 7) is 6.92. The van der Waals surface area contributed by atoms with Crippen LogP contribution in [0.2, 0.25) is 0 Å². The van der Waals surface area contributed by atoms with Crippen molar-refractivity contribution < 1.29 is 9.53 Å². The Bertz CT molecular complexity index is 395. The lowest BCUT2D eigenvalue weighted by Crippen LogP contribution is -1.97. The second-order valence-electron chi connectivity index (χ2n) is 4.93. The maximum absolute atomic E-state index is 11.0. The molecule has 0 N–H and O–H groups in total. The molecule has 1 aromatic carbocycles. The predicted molar refractivity (Wildman–Crippen MR) is 63.7 cm³/mol. The molecule has 1 saturated carbocycles. The van der Waals surface area contributed by atoms with Crippen molar-refractivity contribution in [2.75, 3.05) is 6.61 Å². The minimum Gasteiger partial charge on any atom is -0.494 e. The van der Waals surface area contributed by atoms with Gasteiger partial charge in [-0.2, -0.15) is 0 Å². The first kappa shape index (κ1) is 11.2. The lowest BCUT2D eigenvalue weighted by Gasteiger charge is -2.10. The second kappa shape index (κ2) is 3.93. The zero-order chi connectivity index (χ0) is 11.8. The van der Waals surface area contributed by atoms with Crippen LogP contribution >= 0.6 is 0 Å². The van der Waals surface area contributed by atoms with Gasteiger partial charge in [-0.05, 0) is 24.0 Å². The van der Waals surface area contributed by atoms with Gasteiger partial charge >= 0.3 is 0 Å². The molecule has 1 aromatic rings. The van der Waals surface area contributed by atoms with E-state index < -0.39 is 0 Å². The summed E-state index contributed by atoms with van der Waals surface area (Å²) in [4.78, 5) is 11.0. The van der Waals surface area contributed by atoms with Gasteiger partial charge in [0.1, 0.15) is 12.0 Å². The molecule has 86 valence electrons. The Morgan fingerprint density at radius 1 is 1.38 bits per heavy atom. The van der Waals surface area contributed by atoms with Gasteiger partial charge in [0.25, 0.3) is 0 Å². The van der Waals surface area contributed by atoms with Gasteiger partial charge in [0.05, 0.1) is 6.61 Å². The Hall–Kier alpha value is -1.31. The fraction of sp³-hybridized carbons (Fsp3) is 0.500. The van der Waals surface area contributed by atoms with E-state index in [4.69, 9.17) is 4.74 Å². The molecule has 2 atom stereocenters. The fourth-order valence-corrected chi connectivity index (χ4v) is 2.55. The molecule has 2 nitrogen and oxygen atoms in total. The molecule has 0 saturated heterocycles. The van der Waals surface area contributed by atoms with Gasteiger partial charge in [-0.25, -0.2) is 0 Å². The topological polar surface area (TPSA) is 26.3 Å². The average molecular weight is 218 g/mol. The van der Waals surface area contributed by atoms with Crippen LogP contribution in [0.3, 0.4) is 0 Å². The summed E-state index contributed by atoms with van der Waals surface area (Å²) >= 11 is 0. The van der Waals surface area contributed by atoms with Gasteiger partial charge in [-0.15, -0.1) is 0 Å². The van der Waals surface area contributed by atoms with Crippen LogP contribution in [0, 0.1) is 11.3 Å². The van der Waals surface area contributed by atoms with Crippen molar-refractivity contribution in [3.05, 3.63) is 29.8 Å². The van der Waals surface area contributed by atoms with E-state index in [1.807, 2.05) is 25.1 Å². The third kappa shape index (κ3) is 1.62. The van der Waals surface area contributed by atoms with Crippen molar-refractivity contribution in [1.29, 1.82) is 0 Å². The number of hydrogen-bond donors (Lipinski definition) is 0. The maximum Gasteiger partial charge on any atom is 0.124 e. The van der Waals surface area contributed by atoms with E-state index in [9.17, 15) is 4.79 Å². The molecule has 0 amide bonds. The zero-order valence-corrected chi connectivity index (χ0v) is 10.1. The SMILES string of the molecule is CCOc1ccccc1C1C(C=O)C1(C)C. The summed E-state index contributed by atoms with van der Waals surface area (Å²) in [5.74, 6) is 1.37. The smallest absolute Gasteiger partial charge is 0.124 e. The monoisotopic (exact) mass is 218 g/mol. The lowest BCUT2D eigenvalue weighted by atomic mass is 10.0. The third-order valence-electron chi connectivity index (χ3n) is 3.61. The minimum absolute atomic E-state index is 0.0783. The molecule has 2 unspecified atom stereocenters. The first-order valence-corrected chi connectivity index (χ1v) is 5.80. The first-order chi connectivity index (χ1) is 7.62. The van der Waals surface area contributed by atoms with E-state index in [0.29, 0.717) is 12.5 Å². The van der Waals surface area contributed by atoms with Crippen molar-refractivity contribution in [1.82, 2.24) is 0 Å². The number of benzene rings is 1. The fourth-order valence-electron chi connectivity index (χ4n) is 2.55. The normalized spacial score (nSPS) is 26.2. The molecule has 0 aromatic heterocycles. The van der Waals surface area contributed by atoms with Crippen LogP contribution in [0.15, 0.2) is 24.3 Å². The Kier molecular flexibility index (Phi) is 2.75. The van der Waals surface area contributed by atoms with Crippen LogP contribution < -0.4 is 4.74 Å². The highest BCUT2D eigenvalue weighted by Gasteiger charge is 2.59. The van der Waals surface area contributed by atoms with Gasteiger partial charge in [0, 0.05) is 11.8 Å². The number of aldehydes is 1. The predicted octanol–water partition coefficient (Wildman–Crippen LogP) is 3.02. The van der Waals surface area contributed by atoms with Crippen molar-refractivity contribution in [2.24, 2.45) is 11.3 Å². The molecule has 0 aliphatic heterocycles. The summed E-state index contributed by atoms with van der Waals surface area (Å²) in [6.07, 6.45) is 1.08. The van der Waals surface area contributed by atoms with E-state index in [1.54, 1.807) is 0 Å². The number of carbonyl (C=O) groups is 1. The standard InChI is InChI=1S/C14H18O2/c1-4-16-12-8-6-5-7-10(12)13-11(9-15)14(13,2)3/h5-9,11,13H,4H2,1-3H3. The van der Waals surface area contributed by atoms with Gasteiger partial charge < -0.3 is 9.53 Å². The number of ether oxygens (including phenoxy) is 1. The van der Waals surface area contributed by atoms with Crippen LogP contribution in [0.4, 0.5) is 0 Å². The van der Waals surface area contributed by atoms with E-state index in [0.717, 1.165) is 12.0 Å². The van der Waals surface area contributed by atoms with E-state index in [2.05, 4.69) is 19.9 Å². The molecule has 0 bridgehead atoms. The van der Waals surface area contributed by atoms with Crippen molar-refractivity contribution in [2.45, 2.75) is 26.7 Å². The number of hydrogen-bond acceptors (Lipinski definition) is 2. The number of rotatable bonds is 4. The van der Waals surface area contributed by atoms with Crippen molar-refractivity contribution >= 4 is 6.29 Å². The molecule has 1 aliphatic rings. The highest BCUT2D eigenvalue weighted by atomic mass is 16.5. The van der Waals surface area contributed by atoms with Gasteiger partial charge in [0.15, 0.2) is 0 Å². The van der Waals surface area contributed by atoms with E-state index >= 15 is 0 Å². The largest absolute Gasteiger partial charge is 0.494 e. The molecule has 0 spiro atoms. The highest BCUT2D eigenvalue weighted by molar-refractivity contribution is 5.66. The molecular weight excluding hydrogens is 200 g/mol. The summed E-state index contributed by atoms with van der Waals surface area (Å²) in [6, 6.07) is 8.03. The first-order valence-electron chi connectivity index (χ1n) is 5.80. The molecule has 0 radical (unpaired) electrons. The van der Waals surface area contributed by atoms with Crippen molar-refractivity contribution in [3.63, 3.8) is 0 Å². The molecule has 16 heavy (non-hydrogen) atoms. The third-order valence-corrected chi connectivity index (χ3v) is 3.61. The highest BCUT2D eigenvalue weighted by Crippen LogP contribution is 2.64. The van der Waals surface area contributed by atoms with E-state index in [-0.39, 0.29) is 11.3 Å². The summed E-state index contributed by atoms with van der Waals surface area (Å²) in [7, 11) is 0. The quantitative estimate of drug-likeness (QED) is 0.726. The second-order valence-corrected chi connectivity index (χ2v) is 4.93. The molecular formula is C14H18O2. The van der Waals surface area contributed by atoms with E-state index in [1.165, 1.54) is 5.56 Å². The van der Waals surface area contributed by atoms with Crippen molar-refractivity contribution in [3.8, 4) is 5.75 Å². The van der Waals surface area contributed by atoms with Gasteiger partial charge in [0.2, 0.25) is 0 Å². The van der Waals surface area contributed by atoms with Crippen LogP contribution in [0.1, 0.15) is 32.3 Å². The number of para-hydroxylation sites is 1.